The number of nitrogens with one attached hydrogen (secondary N) is 1. The van der Waals surface area contributed by atoms with Gasteiger partial charge in [-0.05, 0) is 31.0 Å². The highest BCUT2D eigenvalue weighted by molar-refractivity contribution is 6.42. The van der Waals surface area contributed by atoms with E-state index in [2.05, 4.69) is 10.3 Å². The number of aliphatic hydroxyl groups is 1. The van der Waals surface area contributed by atoms with Crippen molar-refractivity contribution in [3.63, 3.8) is 0 Å². The molecule has 0 saturated heterocycles. The third kappa shape index (κ3) is 4.82. The summed E-state index contributed by atoms with van der Waals surface area (Å²) in [4.78, 5) is 43.1. The van der Waals surface area contributed by atoms with Crippen LogP contribution in [-0.2, 0) is 29.7 Å². The Kier molecular flexibility index (Phi) is 7.60. The molecule has 3 rings (SSSR count). The summed E-state index contributed by atoms with van der Waals surface area (Å²) < 4.78 is 8.63. The highest BCUT2D eigenvalue weighted by atomic mass is 35.5. The zero-order valence-corrected chi connectivity index (χ0v) is 19.1. The van der Waals surface area contributed by atoms with Gasteiger partial charge in [-0.3, -0.25) is 18.7 Å². The minimum atomic E-state index is -0.707. The van der Waals surface area contributed by atoms with Gasteiger partial charge in [0.2, 0.25) is 5.95 Å². The number of aromatic nitrogens is 4. The number of imidazole rings is 1. The summed E-state index contributed by atoms with van der Waals surface area (Å²) in [5, 5.41) is 12.7. The first-order valence-electron chi connectivity index (χ1n) is 9.92. The first kappa shape index (κ1) is 23.8. The van der Waals surface area contributed by atoms with Crippen LogP contribution in [0.25, 0.3) is 11.2 Å². The summed E-state index contributed by atoms with van der Waals surface area (Å²) in [6, 6.07) is 4.80. The summed E-state index contributed by atoms with van der Waals surface area (Å²) in [6.45, 7) is 1.72. The van der Waals surface area contributed by atoms with E-state index in [-0.39, 0.29) is 30.9 Å². The number of hydrogen-bond donors (Lipinski definition) is 2. The van der Waals surface area contributed by atoms with Gasteiger partial charge in [0.25, 0.3) is 5.56 Å². The SMILES string of the molecule is CCOC(=O)Cn1c(=O)n(Cc2ccc(Cl)c(Cl)c2)c(=O)c2c1nc(NCCCO)n2C. The normalized spacial score (nSPS) is 11.2. The van der Waals surface area contributed by atoms with E-state index in [9.17, 15) is 14.4 Å². The molecule has 0 radical (unpaired) electrons. The van der Waals surface area contributed by atoms with Crippen LogP contribution in [0.4, 0.5) is 5.95 Å². The smallest absolute Gasteiger partial charge is 0.333 e. The summed E-state index contributed by atoms with van der Waals surface area (Å²) in [5.74, 6) is -0.300. The van der Waals surface area contributed by atoms with Crippen LogP contribution >= 0.6 is 23.2 Å². The minimum absolute atomic E-state index is 0.0129. The largest absolute Gasteiger partial charge is 0.465 e. The Morgan fingerprint density at radius 1 is 1.22 bits per heavy atom. The molecule has 3 aromatic rings. The fourth-order valence-corrected chi connectivity index (χ4v) is 3.56. The van der Waals surface area contributed by atoms with Crippen molar-refractivity contribution in [3.8, 4) is 0 Å². The molecule has 0 saturated carbocycles. The van der Waals surface area contributed by atoms with Crippen LogP contribution in [0.3, 0.4) is 0 Å². The number of carbonyl (C=O) groups is 1. The van der Waals surface area contributed by atoms with Crippen molar-refractivity contribution in [2.75, 3.05) is 25.1 Å². The van der Waals surface area contributed by atoms with Gasteiger partial charge in [-0.15, -0.1) is 0 Å². The van der Waals surface area contributed by atoms with Gasteiger partial charge in [0, 0.05) is 20.2 Å². The van der Waals surface area contributed by atoms with Crippen molar-refractivity contribution in [1.82, 2.24) is 18.7 Å². The van der Waals surface area contributed by atoms with Crippen molar-refractivity contribution in [2.45, 2.75) is 26.4 Å². The molecule has 32 heavy (non-hydrogen) atoms. The zero-order chi connectivity index (χ0) is 23.4. The first-order chi connectivity index (χ1) is 15.3. The van der Waals surface area contributed by atoms with Gasteiger partial charge in [-0.25, -0.2) is 4.79 Å². The molecule has 172 valence electrons. The van der Waals surface area contributed by atoms with E-state index in [4.69, 9.17) is 33.0 Å². The average molecular weight is 484 g/mol. The molecule has 2 aromatic heterocycles. The maximum Gasteiger partial charge on any atom is 0.333 e. The molecular formula is C20H23Cl2N5O5. The number of rotatable bonds is 9. The van der Waals surface area contributed by atoms with Crippen molar-refractivity contribution in [1.29, 1.82) is 0 Å². The van der Waals surface area contributed by atoms with Crippen LogP contribution in [0.5, 0.6) is 0 Å². The number of anilines is 1. The predicted molar refractivity (Wildman–Crippen MR) is 122 cm³/mol. The molecule has 0 aliphatic rings. The second-order valence-electron chi connectivity index (χ2n) is 6.98. The standard InChI is InChI=1S/C20H23Cl2N5O5/c1-3-32-15(29)11-26-17-16(25(2)19(24-17)23-7-4-8-28)18(30)27(20(26)31)10-12-5-6-13(21)14(22)9-12/h5-6,9,28H,3-4,7-8,10-11H2,1-2H3,(H,23,24). The van der Waals surface area contributed by atoms with E-state index in [1.807, 2.05) is 0 Å². The van der Waals surface area contributed by atoms with E-state index in [0.29, 0.717) is 34.5 Å². The lowest BCUT2D eigenvalue weighted by molar-refractivity contribution is -0.143. The quantitative estimate of drug-likeness (QED) is 0.350. The van der Waals surface area contributed by atoms with E-state index in [0.717, 1.165) is 9.13 Å². The van der Waals surface area contributed by atoms with Crippen LogP contribution < -0.4 is 16.6 Å². The summed E-state index contributed by atoms with van der Waals surface area (Å²) >= 11 is 12.0. The van der Waals surface area contributed by atoms with E-state index < -0.39 is 23.8 Å². The number of nitrogens with zero attached hydrogens (tertiary/aromatic N) is 4. The fraction of sp³-hybridized carbons (Fsp3) is 0.400. The molecule has 0 aliphatic carbocycles. The van der Waals surface area contributed by atoms with Gasteiger partial charge >= 0.3 is 11.7 Å². The number of ether oxygens (including phenoxy) is 1. The molecule has 0 atom stereocenters. The predicted octanol–water partition coefficient (Wildman–Crippen LogP) is 1.61. The van der Waals surface area contributed by atoms with Gasteiger partial charge in [0.1, 0.15) is 6.54 Å². The Balaban J connectivity index is 2.19. The van der Waals surface area contributed by atoms with Gasteiger partial charge in [0.15, 0.2) is 11.2 Å². The van der Waals surface area contributed by atoms with Gasteiger partial charge in [0.05, 0.1) is 23.2 Å². The van der Waals surface area contributed by atoms with Crippen molar-refractivity contribution in [3.05, 3.63) is 54.6 Å². The molecule has 0 unspecified atom stereocenters. The lowest BCUT2D eigenvalue weighted by Gasteiger charge is -2.12. The van der Waals surface area contributed by atoms with Crippen LogP contribution in [0.2, 0.25) is 10.0 Å². The topological polar surface area (TPSA) is 120 Å². The Labute approximate surface area is 193 Å². The van der Waals surface area contributed by atoms with Crippen LogP contribution in [0.15, 0.2) is 27.8 Å². The maximum atomic E-state index is 13.3. The summed E-state index contributed by atoms with van der Waals surface area (Å²) in [6.07, 6.45) is 0.473. The monoisotopic (exact) mass is 483 g/mol. The second kappa shape index (κ2) is 10.2. The summed E-state index contributed by atoms with van der Waals surface area (Å²) in [5.41, 5.74) is -0.486. The first-order valence-corrected chi connectivity index (χ1v) is 10.7. The van der Waals surface area contributed by atoms with E-state index >= 15 is 0 Å². The number of aryl methyl sites for hydroxylation is 1. The van der Waals surface area contributed by atoms with Crippen LogP contribution in [-0.4, -0.2) is 49.5 Å². The van der Waals surface area contributed by atoms with Gasteiger partial charge < -0.3 is 19.7 Å². The number of fused-ring (bicyclic) bond motifs is 1. The lowest BCUT2D eigenvalue weighted by Crippen LogP contribution is -2.42. The molecule has 2 N–H and O–H groups in total. The molecule has 0 amide bonds. The summed E-state index contributed by atoms with van der Waals surface area (Å²) in [7, 11) is 1.63. The maximum absolute atomic E-state index is 13.3. The Morgan fingerprint density at radius 2 is 1.97 bits per heavy atom. The number of carbonyl (C=O) groups excluding carboxylic acids is 1. The highest BCUT2D eigenvalue weighted by Gasteiger charge is 2.22. The second-order valence-corrected chi connectivity index (χ2v) is 7.80. The highest BCUT2D eigenvalue weighted by Crippen LogP contribution is 2.23. The number of halogens is 2. The third-order valence-electron chi connectivity index (χ3n) is 4.78. The number of aliphatic hydroxyl groups excluding tert-OH is 1. The molecule has 1 aromatic carbocycles. The molecule has 0 fully saturated rings. The Bertz CT molecular complexity index is 1260. The van der Waals surface area contributed by atoms with Crippen molar-refractivity contribution < 1.29 is 14.6 Å². The Hall–Kier alpha value is -2.82. The average Bonchev–Trinajstić information content (AvgIpc) is 3.08. The number of esters is 1. The molecule has 0 bridgehead atoms. The van der Waals surface area contributed by atoms with Gasteiger partial charge in [-0.2, -0.15) is 4.98 Å². The zero-order valence-electron chi connectivity index (χ0n) is 17.6. The molecule has 10 nitrogen and oxygen atoms in total. The molecule has 2 heterocycles. The van der Waals surface area contributed by atoms with E-state index in [1.54, 1.807) is 32.2 Å². The number of benzene rings is 1. The lowest BCUT2D eigenvalue weighted by atomic mass is 10.2. The fourth-order valence-electron chi connectivity index (χ4n) is 3.24. The Morgan fingerprint density at radius 3 is 2.62 bits per heavy atom. The van der Waals surface area contributed by atoms with Gasteiger partial charge in [-0.1, -0.05) is 29.3 Å². The molecule has 0 spiro atoms. The molecule has 12 heteroatoms. The van der Waals surface area contributed by atoms with Crippen LogP contribution in [0, 0.1) is 0 Å². The molecule has 0 aliphatic heterocycles. The van der Waals surface area contributed by atoms with E-state index in [1.165, 1.54) is 4.57 Å². The third-order valence-corrected chi connectivity index (χ3v) is 5.52. The minimum Gasteiger partial charge on any atom is -0.465 e. The molecular weight excluding hydrogens is 461 g/mol. The van der Waals surface area contributed by atoms with Crippen molar-refractivity contribution >= 4 is 46.3 Å². The van der Waals surface area contributed by atoms with Crippen molar-refractivity contribution in [2.24, 2.45) is 7.05 Å². The van der Waals surface area contributed by atoms with Crippen LogP contribution in [0.1, 0.15) is 18.9 Å². The number of hydrogen-bond acceptors (Lipinski definition) is 7.